The zero-order chi connectivity index (χ0) is 18.6. The molecule has 134 valence electrons. The molecule has 2 heterocycles. The molecule has 0 aliphatic carbocycles. The van der Waals surface area contributed by atoms with Crippen molar-refractivity contribution in [2.24, 2.45) is 5.92 Å². The van der Waals surface area contributed by atoms with Crippen molar-refractivity contribution in [2.45, 2.75) is 33.7 Å². The second-order valence-electron chi connectivity index (χ2n) is 5.94. The fourth-order valence-electron chi connectivity index (χ4n) is 2.27. The molecule has 0 aromatic carbocycles. The van der Waals surface area contributed by atoms with Crippen LogP contribution in [0.1, 0.15) is 46.3 Å². The second-order valence-corrected chi connectivity index (χ2v) is 5.94. The molecule has 3 N–H and O–H groups in total. The van der Waals surface area contributed by atoms with E-state index in [2.05, 4.69) is 16.2 Å². The smallest absolute Gasteiger partial charge is 0.287 e. The van der Waals surface area contributed by atoms with Crippen LogP contribution >= 0.6 is 0 Å². The lowest BCUT2D eigenvalue weighted by Crippen LogP contribution is -2.54. The van der Waals surface area contributed by atoms with E-state index in [0.29, 0.717) is 17.1 Å². The zero-order valence-corrected chi connectivity index (χ0v) is 14.5. The van der Waals surface area contributed by atoms with E-state index in [-0.39, 0.29) is 11.7 Å². The second kappa shape index (κ2) is 7.69. The summed E-state index contributed by atoms with van der Waals surface area (Å²) in [6.45, 7) is 6.93. The van der Waals surface area contributed by atoms with Crippen LogP contribution < -0.4 is 16.2 Å². The molecule has 0 aliphatic rings. The van der Waals surface area contributed by atoms with Crippen LogP contribution in [0.3, 0.4) is 0 Å². The molecule has 0 saturated carbocycles. The van der Waals surface area contributed by atoms with Crippen molar-refractivity contribution in [3.63, 3.8) is 0 Å². The molecule has 0 unspecified atom stereocenters. The highest BCUT2D eigenvalue weighted by Crippen LogP contribution is 2.13. The van der Waals surface area contributed by atoms with Crippen LogP contribution in [-0.4, -0.2) is 23.8 Å². The molecule has 8 heteroatoms. The number of furan rings is 2. The molecule has 2 aromatic rings. The fraction of sp³-hybridized carbons (Fsp3) is 0.353. The third kappa shape index (κ3) is 4.50. The van der Waals surface area contributed by atoms with Crippen LogP contribution in [0.4, 0.5) is 0 Å². The van der Waals surface area contributed by atoms with Crippen LogP contribution in [0.15, 0.2) is 33.3 Å². The molecule has 0 radical (unpaired) electrons. The highest BCUT2D eigenvalue weighted by Gasteiger charge is 2.26. The number of carbonyl (C=O) groups excluding carboxylic acids is 3. The summed E-state index contributed by atoms with van der Waals surface area (Å²) in [6.07, 6.45) is 1.37. The van der Waals surface area contributed by atoms with E-state index in [1.807, 2.05) is 0 Å². The lowest BCUT2D eigenvalue weighted by molar-refractivity contribution is -0.124. The van der Waals surface area contributed by atoms with E-state index >= 15 is 0 Å². The van der Waals surface area contributed by atoms with E-state index < -0.39 is 23.8 Å². The lowest BCUT2D eigenvalue weighted by atomic mass is 10.0. The van der Waals surface area contributed by atoms with E-state index in [0.717, 1.165) is 0 Å². The van der Waals surface area contributed by atoms with Gasteiger partial charge in [-0.2, -0.15) is 0 Å². The molecule has 0 saturated heterocycles. The largest absolute Gasteiger partial charge is 0.466 e. The Morgan fingerprint density at radius 1 is 1.08 bits per heavy atom. The fourth-order valence-corrected chi connectivity index (χ4v) is 2.27. The van der Waals surface area contributed by atoms with Crippen molar-refractivity contribution in [3.05, 3.63) is 47.3 Å². The SMILES string of the molecule is Cc1cc(C(=O)NNC(=O)[C@H](NC(=O)c2ccco2)C(C)C)c(C)o1. The number of hydrazine groups is 1. The first-order valence-corrected chi connectivity index (χ1v) is 7.81. The highest BCUT2D eigenvalue weighted by molar-refractivity contribution is 5.98. The van der Waals surface area contributed by atoms with Crippen molar-refractivity contribution < 1.29 is 23.2 Å². The van der Waals surface area contributed by atoms with Gasteiger partial charge in [0.2, 0.25) is 0 Å². The van der Waals surface area contributed by atoms with Crippen LogP contribution in [0.2, 0.25) is 0 Å². The molecular weight excluding hydrogens is 326 g/mol. The molecule has 0 fully saturated rings. The summed E-state index contributed by atoms with van der Waals surface area (Å²) < 4.78 is 10.3. The predicted molar refractivity (Wildman–Crippen MR) is 88.6 cm³/mol. The summed E-state index contributed by atoms with van der Waals surface area (Å²) in [5.74, 6) is -0.591. The van der Waals surface area contributed by atoms with Crippen LogP contribution in [0.5, 0.6) is 0 Å². The van der Waals surface area contributed by atoms with Crippen molar-refractivity contribution in [1.29, 1.82) is 0 Å². The number of rotatable bonds is 5. The summed E-state index contributed by atoms with van der Waals surface area (Å²) in [5, 5.41) is 2.58. The van der Waals surface area contributed by atoms with E-state index in [9.17, 15) is 14.4 Å². The quantitative estimate of drug-likeness (QED) is 0.713. The van der Waals surface area contributed by atoms with Crippen molar-refractivity contribution >= 4 is 17.7 Å². The Hall–Kier alpha value is -3.03. The van der Waals surface area contributed by atoms with E-state index in [1.54, 1.807) is 39.8 Å². The summed E-state index contributed by atoms with van der Waals surface area (Å²) in [7, 11) is 0. The van der Waals surface area contributed by atoms with Crippen molar-refractivity contribution in [1.82, 2.24) is 16.2 Å². The minimum Gasteiger partial charge on any atom is -0.466 e. The maximum Gasteiger partial charge on any atom is 0.287 e. The van der Waals surface area contributed by atoms with E-state index in [1.165, 1.54) is 12.3 Å². The summed E-state index contributed by atoms with van der Waals surface area (Å²) in [6, 6.07) is 3.81. The molecule has 25 heavy (non-hydrogen) atoms. The number of amides is 3. The number of carbonyl (C=O) groups is 3. The lowest BCUT2D eigenvalue weighted by Gasteiger charge is -2.21. The number of hydrogen-bond donors (Lipinski definition) is 3. The summed E-state index contributed by atoms with van der Waals surface area (Å²) >= 11 is 0. The molecule has 0 bridgehead atoms. The first kappa shape index (κ1) is 18.3. The first-order valence-electron chi connectivity index (χ1n) is 7.81. The normalized spacial score (nSPS) is 11.9. The van der Waals surface area contributed by atoms with Crippen LogP contribution in [-0.2, 0) is 4.79 Å². The molecule has 3 amide bonds. The zero-order valence-electron chi connectivity index (χ0n) is 14.5. The standard InChI is InChI=1S/C17H21N3O5/c1-9(2)14(18-16(22)13-6-5-7-24-13)17(23)20-19-15(21)12-8-10(3)25-11(12)4/h5-9,14H,1-4H3,(H,18,22)(H,19,21)(H,20,23)/t14-/m1/s1. The van der Waals surface area contributed by atoms with E-state index in [4.69, 9.17) is 8.83 Å². The molecule has 0 aliphatic heterocycles. The molecule has 2 rings (SSSR count). The first-order chi connectivity index (χ1) is 11.8. The summed E-state index contributed by atoms with van der Waals surface area (Å²) in [4.78, 5) is 36.5. The molecule has 0 spiro atoms. The van der Waals surface area contributed by atoms with Gasteiger partial charge in [0.25, 0.3) is 17.7 Å². The Labute approximate surface area is 144 Å². The predicted octanol–water partition coefficient (Wildman–Crippen LogP) is 1.71. The Balaban J connectivity index is 1.97. The number of aryl methyl sites for hydroxylation is 2. The van der Waals surface area contributed by atoms with Gasteiger partial charge in [-0.05, 0) is 38.0 Å². The third-order valence-corrected chi connectivity index (χ3v) is 3.57. The highest BCUT2D eigenvalue weighted by atomic mass is 16.3. The van der Waals surface area contributed by atoms with Crippen LogP contribution in [0, 0.1) is 19.8 Å². The monoisotopic (exact) mass is 347 g/mol. The van der Waals surface area contributed by atoms with Crippen molar-refractivity contribution in [3.8, 4) is 0 Å². The number of nitrogens with one attached hydrogen (secondary N) is 3. The van der Waals surface area contributed by atoms with Gasteiger partial charge < -0.3 is 14.2 Å². The van der Waals surface area contributed by atoms with Gasteiger partial charge in [0.15, 0.2) is 5.76 Å². The maximum atomic E-state index is 12.3. The van der Waals surface area contributed by atoms with Gasteiger partial charge in [-0.1, -0.05) is 13.8 Å². The van der Waals surface area contributed by atoms with Crippen molar-refractivity contribution in [2.75, 3.05) is 0 Å². The van der Waals surface area contributed by atoms with Crippen LogP contribution in [0.25, 0.3) is 0 Å². The molecule has 2 aromatic heterocycles. The van der Waals surface area contributed by atoms with Gasteiger partial charge in [0.1, 0.15) is 17.6 Å². The molecule has 8 nitrogen and oxygen atoms in total. The minimum atomic E-state index is -0.843. The Kier molecular flexibility index (Phi) is 5.63. The maximum absolute atomic E-state index is 12.3. The van der Waals surface area contributed by atoms with Gasteiger partial charge in [-0.3, -0.25) is 25.2 Å². The van der Waals surface area contributed by atoms with Gasteiger partial charge in [-0.25, -0.2) is 0 Å². The third-order valence-electron chi connectivity index (χ3n) is 3.57. The average Bonchev–Trinajstić information content (AvgIpc) is 3.19. The van der Waals surface area contributed by atoms with Gasteiger partial charge >= 0.3 is 0 Å². The average molecular weight is 347 g/mol. The topological polar surface area (TPSA) is 114 Å². The van der Waals surface area contributed by atoms with Gasteiger partial charge in [0.05, 0.1) is 11.8 Å². The Bertz CT molecular complexity index is 761. The van der Waals surface area contributed by atoms with Gasteiger partial charge in [-0.15, -0.1) is 0 Å². The summed E-state index contributed by atoms with van der Waals surface area (Å²) in [5.41, 5.74) is 4.98. The molecule has 1 atom stereocenters. The van der Waals surface area contributed by atoms with Gasteiger partial charge in [0, 0.05) is 0 Å². The molecular formula is C17H21N3O5. The Morgan fingerprint density at radius 2 is 1.80 bits per heavy atom. The number of hydrogen-bond acceptors (Lipinski definition) is 5. The minimum absolute atomic E-state index is 0.104. The Morgan fingerprint density at radius 3 is 2.32 bits per heavy atom.